The molecule has 11 heteroatoms. The van der Waals surface area contributed by atoms with Crippen molar-refractivity contribution in [3.8, 4) is 5.75 Å². The molecule has 0 aromatic heterocycles. The van der Waals surface area contributed by atoms with Crippen LogP contribution >= 0.6 is 0 Å². The number of ether oxygens (including phenoxy) is 1. The average Bonchev–Trinajstić information content (AvgIpc) is 3.04. The Morgan fingerprint density at radius 2 is 1.79 bits per heavy atom. The molecule has 1 heterocycles. The zero-order chi connectivity index (χ0) is 25.0. The Bertz CT molecular complexity index is 1270. The molecule has 2 aromatic rings. The fourth-order valence-corrected chi connectivity index (χ4v) is 4.45. The summed E-state index contributed by atoms with van der Waals surface area (Å²) in [5.74, 6) is -2.09. The molecule has 0 radical (unpaired) electrons. The normalized spacial score (nSPS) is 15.4. The molecule has 0 fully saturated rings. The van der Waals surface area contributed by atoms with Gasteiger partial charge in [-0.15, -0.1) is 4.40 Å². The lowest BCUT2D eigenvalue weighted by Gasteiger charge is -2.20. The molecule has 2 aromatic carbocycles. The average molecular weight is 487 g/mol. The molecule has 180 valence electrons. The van der Waals surface area contributed by atoms with Crippen molar-refractivity contribution < 1.29 is 27.9 Å². The molecule has 0 aliphatic carbocycles. The van der Waals surface area contributed by atoms with E-state index in [1.807, 2.05) is 30.3 Å². The number of amidine groups is 1. The predicted molar refractivity (Wildman–Crippen MR) is 128 cm³/mol. The molecule has 1 aliphatic rings. The maximum Gasteiger partial charge on any atom is 0.354 e. The number of phenols is 1. The fraction of sp³-hybridized carbons (Fsp3) is 0.261. The number of phenolic OH excluding ortho intramolecular Hbond substituents is 1. The number of benzene rings is 2. The third kappa shape index (κ3) is 5.04. The molecular formula is C23H26N4O6S. The Balaban J connectivity index is 2.06. The maximum atomic E-state index is 12.8. The van der Waals surface area contributed by atoms with Gasteiger partial charge >= 0.3 is 5.97 Å². The summed E-state index contributed by atoms with van der Waals surface area (Å²) in [7, 11) is -1.32. The van der Waals surface area contributed by atoms with Crippen LogP contribution in [0.5, 0.6) is 5.75 Å². The monoisotopic (exact) mass is 486 g/mol. The Hall–Kier alpha value is -3.86. The van der Waals surface area contributed by atoms with Gasteiger partial charge in [0.2, 0.25) is 4.91 Å². The van der Waals surface area contributed by atoms with Crippen LogP contribution in [0.4, 0.5) is 5.69 Å². The number of amides is 1. The van der Waals surface area contributed by atoms with Crippen molar-refractivity contribution in [2.45, 2.75) is 19.9 Å². The minimum Gasteiger partial charge on any atom is -0.505 e. The lowest BCUT2D eigenvalue weighted by molar-refractivity contribution is -0.137. The Labute approximate surface area is 198 Å². The first-order valence-corrected chi connectivity index (χ1v) is 11.9. The molecular weight excluding hydrogens is 460 g/mol. The van der Waals surface area contributed by atoms with E-state index in [4.69, 9.17) is 4.74 Å². The summed E-state index contributed by atoms with van der Waals surface area (Å²) in [5.41, 5.74) is 0.790. The number of anilines is 1. The molecule has 34 heavy (non-hydrogen) atoms. The predicted octanol–water partition coefficient (Wildman–Crippen LogP) is 2.37. The van der Waals surface area contributed by atoms with E-state index < -0.39 is 32.8 Å². The van der Waals surface area contributed by atoms with E-state index in [2.05, 4.69) is 15.0 Å². The number of rotatable bonds is 7. The molecule has 3 rings (SSSR count). The summed E-state index contributed by atoms with van der Waals surface area (Å²) >= 11 is 0. The van der Waals surface area contributed by atoms with Crippen LogP contribution in [0, 0.1) is 0 Å². The number of para-hydroxylation sites is 1. The summed E-state index contributed by atoms with van der Waals surface area (Å²) in [6.07, 6.45) is 0. The Morgan fingerprint density at radius 3 is 2.41 bits per heavy atom. The van der Waals surface area contributed by atoms with Gasteiger partial charge in [0.05, 0.1) is 17.9 Å². The van der Waals surface area contributed by atoms with Crippen molar-refractivity contribution in [1.29, 1.82) is 0 Å². The third-order valence-electron chi connectivity index (χ3n) is 4.98. The van der Waals surface area contributed by atoms with Crippen LogP contribution in [-0.4, -0.2) is 56.8 Å². The summed E-state index contributed by atoms with van der Waals surface area (Å²) in [4.78, 5) is 25.6. The van der Waals surface area contributed by atoms with E-state index in [0.717, 1.165) is 5.56 Å². The summed E-state index contributed by atoms with van der Waals surface area (Å²) in [6.45, 7) is 3.32. The van der Waals surface area contributed by atoms with Crippen molar-refractivity contribution in [2.75, 3.05) is 26.0 Å². The molecule has 1 amide bonds. The van der Waals surface area contributed by atoms with Gasteiger partial charge in [-0.25, -0.2) is 4.79 Å². The van der Waals surface area contributed by atoms with Crippen LogP contribution in [-0.2, 0) is 19.6 Å². The Kier molecular flexibility index (Phi) is 7.26. The van der Waals surface area contributed by atoms with Gasteiger partial charge in [0.15, 0.2) is 11.6 Å². The van der Waals surface area contributed by atoms with Crippen molar-refractivity contribution >= 4 is 33.4 Å². The first-order valence-electron chi connectivity index (χ1n) is 10.5. The molecule has 0 saturated heterocycles. The number of esters is 1. The van der Waals surface area contributed by atoms with E-state index >= 15 is 0 Å². The summed E-state index contributed by atoms with van der Waals surface area (Å²) < 4.78 is 34.3. The smallest absolute Gasteiger partial charge is 0.354 e. The van der Waals surface area contributed by atoms with Gasteiger partial charge in [-0.05, 0) is 31.5 Å². The van der Waals surface area contributed by atoms with Crippen molar-refractivity contribution in [2.24, 2.45) is 4.40 Å². The van der Waals surface area contributed by atoms with Gasteiger partial charge in [-0.3, -0.25) is 4.79 Å². The van der Waals surface area contributed by atoms with E-state index in [9.17, 15) is 23.1 Å². The molecule has 10 nitrogen and oxygen atoms in total. The number of carbonyl (C=O) groups excluding carboxylic acids is 2. The van der Waals surface area contributed by atoms with Crippen LogP contribution in [0.1, 0.15) is 35.8 Å². The van der Waals surface area contributed by atoms with Crippen LogP contribution in [0.15, 0.2) is 63.5 Å². The lowest BCUT2D eigenvalue weighted by Crippen LogP contribution is -2.29. The number of sulfonamides is 1. The largest absolute Gasteiger partial charge is 0.505 e. The molecule has 1 atom stereocenters. The van der Waals surface area contributed by atoms with E-state index in [0.29, 0.717) is 0 Å². The van der Waals surface area contributed by atoms with Crippen molar-refractivity contribution in [1.82, 2.24) is 10.2 Å². The highest BCUT2D eigenvalue weighted by atomic mass is 32.2. The molecule has 0 unspecified atom stereocenters. The number of aromatic hydroxyl groups is 1. The van der Waals surface area contributed by atoms with Crippen molar-refractivity contribution in [3.05, 3.63) is 70.3 Å². The summed E-state index contributed by atoms with van der Waals surface area (Å²) in [6, 6.07) is 13.2. The molecule has 0 spiro atoms. The zero-order valence-corrected chi connectivity index (χ0v) is 20.0. The minimum atomic E-state index is -4.40. The van der Waals surface area contributed by atoms with Gasteiger partial charge in [-0.1, -0.05) is 36.4 Å². The van der Waals surface area contributed by atoms with Crippen LogP contribution in [0.2, 0.25) is 0 Å². The van der Waals surface area contributed by atoms with Crippen LogP contribution < -0.4 is 10.6 Å². The van der Waals surface area contributed by atoms with Gasteiger partial charge in [0.25, 0.3) is 15.9 Å². The van der Waals surface area contributed by atoms with E-state index in [1.54, 1.807) is 13.8 Å². The van der Waals surface area contributed by atoms with E-state index in [1.165, 1.54) is 37.2 Å². The number of hydrogen-bond donors (Lipinski definition) is 3. The number of nitrogens with one attached hydrogen (secondary N) is 2. The first-order chi connectivity index (χ1) is 16.1. The van der Waals surface area contributed by atoms with Crippen molar-refractivity contribution in [3.63, 3.8) is 0 Å². The SMILES string of the molecule is CCOC(=O)C1=C(N[C@H](C)c2ccccc2)C(Nc2cccc(C(=O)N(C)C)c2O)=NS1(=O)=O. The third-order valence-corrected chi connectivity index (χ3v) is 6.29. The Morgan fingerprint density at radius 1 is 1.12 bits per heavy atom. The fourth-order valence-electron chi connectivity index (χ4n) is 3.30. The number of carbonyl (C=O) groups is 2. The highest BCUT2D eigenvalue weighted by molar-refractivity contribution is 7.95. The standard InChI is InChI=1S/C23H26N4O6S/c1-5-33-23(30)20-18(24-14(2)15-10-7-6-8-11-15)21(26-34(20,31)32)25-17-13-9-12-16(19(17)28)22(29)27(3)4/h6-14,24,28H,5H2,1-4H3,(H,25,26)/t14-/m1/s1. The minimum absolute atomic E-state index is 0.0122. The van der Waals surface area contributed by atoms with Gasteiger partial charge < -0.3 is 25.4 Å². The highest BCUT2D eigenvalue weighted by Crippen LogP contribution is 2.32. The second-order valence-corrected chi connectivity index (χ2v) is 9.18. The lowest BCUT2D eigenvalue weighted by atomic mass is 10.1. The molecule has 0 bridgehead atoms. The first kappa shape index (κ1) is 24.8. The topological polar surface area (TPSA) is 137 Å². The van der Waals surface area contributed by atoms with E-state index in [-0.39, 0.29) is 35.1 Å². The zero-order valence-electron chi connectivity index (χ0n) is 19.2. The molecule has 1 aliphatic heterocycles. The quantitative estimate of drug-likeness (QED) is 0.401. The number of nitrogens with zero attached hydrogens (tertiary/aromatic N) is 2. The van der Waals surface area contributed by atoms with Gasteiger partial charge in [0, 0.05) is 20.1 Å². The van der Waals surface area contributed by atoms with Gasteiger partial charge in [0.1, 0.15) is 5.70 Å². The van der Waals surface area contributed by atoms with Gasteiger partial charge in [-0.2, -0.15) is 8.42 Å². The maximum absolute atomic E-state index is 12.8. The second-order valence-electron chi connectivity index (χ2n) is 7.64. The molecule has 3 N–H and O–H groups in total. The summed E-state index contributed by atoms with van der Waals surface area (Å²) in [5, 5.41) is 16.5. The highest BCUT2D eigenvalue weighted by Gasteiger charge is 2.39. The van der Waals surface area contributed by atoms with Crippen LogP contribution in [0.3, 0.4) is 0 Å². The second kappa shape index (κ2) is 9.96. The molecule has 0 saturated carbocycles. The van der Waals surface area contributed by atoms with Crippen LogP contribution in [0.25, 0.3) is 0 Å². The number of hydrogen-bond acceptors (Lipinski definition) is 8.